The van der Waals surface area contributed by atoms with Crippen molar-refractivity contribution in [2.75, 3.05) is 13.2 Å². The minimum Gasteiger partial charge on any atom is -0.463 e. The molecule has 1 unspecified atom stereocenters. The van der Waals surface area contributed by atoms with Crippen LogP contribution < -0.4 is 0 Å². The van der Waals surface area contributed by atoms with E-state index in [1.165, 1.54) is 6.92 Å². The van der Waals surface area contributed by atoms with Crippen molar-refractivity contribution < 1.29 is 37.0 Å². The third-order valence-corrected chi connectivity index (χ3v) is 1.25. The van der Waals surface area contributed by atoms with Gasteiger partial charge in [0.1, 0.15) is 6.61 Å². The van der Waals surface area contributed by atoms with E-state index in [0.29, 0.717) is 0 Å². The van der Waals surface area contributed by atoms with Crippen LogP contribution in [0.3, 0.4) is 0 Å². The molecule has 0 spiro atoms. The van der Waals surface area contributed by atoms with Crippen LogP contribution in [0.5, 0.6) is 0 Å². The van der Waals surface area contributed by atoms with Crippen LogP contribution in [0.25, 0.3) is 0 Å². The summed E-state index contributed by atoms with van der Waals surface area (Å²) in [6.45, 7) is 2.01. The molecule has 0 bridgehead atoms. The highest BCUT2D eigenvalue weighted by Crippen LogP contribution is 2.17. The zero-order chi connectivity index (χ0) is 12.8. The Labute approximate surface area is 89.5 Å². The van der Waals surface area contributed by atoms with Crippen molar-refractivity contribution >= 4 is 11.9 Å². The molecule has 0 N–H and O–H groups in total. The van der Waals surface area contributed by atoms with Crippen LogP contribution in [0.15, 0.2) is 0 Å². The molecular weight excluding hydrogens is 233 g/mol. The van der Waals surface area contributed by atoms with Gasteiger partial charge < -0.3 is 14.2 Å². The van der Waals surface area contributed by atoms with E-state index in [0.717, 1.165) is 6.92 Å². The first-order chi connectivity index (χ1) is 7.23. The molecule has 0 saturated heterocycles. The van der Waals surface area contributed by atoms with Crippen LogP contribution in [0.2, 0.25) is 0 Å². The molecule has 1 atom stereocenters. The number of esters is 2. The highest BCUT2D eigenvalue weighted by Gasteiger charge is 2.41. The highest BCUT2D eigenvalue weighted by atomic mass is 19.4. The summed E-state index contributed by atoms with van der Waals surface area (Å²) < 4.78 is 48.1. The number of rotatable bonds is 5. The van der Waals surface area contributed by atoms with Gasteiger partial charge in [0, 0.05) is 6.92 Å². The lowest BCUT2D eigenvalue weighted by Gasteiger charge is -2.14. The molecule has 0 aliphatic carbocycles. The maximum atomic E-state index is 11.7. The second-order valence-electron chi connectivity index (χ2n) is 2.68. The molecule has 0 aliphatic heterocycles. The molecule has 0 aliphatic rings. The highest BCUT2D eigenvalue weighted by molar-refractivity contribution is 5.75. The van der Waals surface area contributed by atoms with E-state index in [9.17, 15) is 22.8 Å². The maximum Gasteiger partial charge on any atom is 0.491 e. The van der Waals surface area contributed by atoms with Crippen molar-refractivity contribution in [2.24, 2.45) is 0 Å². The van der Waals surface area contributed by atoms with Crippen molar-refractivity contribution in [1.29, 1.82) is 0 Å². The van der Waals surface area contributed by atoms with Crippen molar-refractivity contribution in [3.05, 3.63) is 0 Å². The summed E-state index contributed by atoms with van der Waals surface area (Å²) in [6.07, 6.45) is -6.40. The standard InChI is InChI=1S/C8H11F3O5/c1-5(12)14-3-4-15-6(2)16-7(13)8(9,10)11/h6H,3-4H2,1-2H3. The molecule has 5 nitrogen and oxygen atoms in total. The Bertz CT molecular complexity index is 251. The molecule has 0 saturated carbocycles. The second-order valence-corrected chi connectivity index (χ2v) is 2.68. The lowest BCUT2D eigenvalue weighted by molar-refractivity contribution is -0.224. The third kappa shape index (κ3) is 7.04. The van der Waals surface area contributed by atoms with E-state index >= 15 is 0 Å². The fraction of sp³-hybridized carbons (Fsp3) is 0.750. The Morgan fingerprint density at radius 2 is 1.81 bits per heavy atom. The van der Waals surface area contributed by atoms with E-state index in [2.05, 4.69) is 14.2 Å². The van der Waals surface area contributed by atoms with Gasteiger partial charge in [-0.3, -0.25) is 4.79 Å². The van der Waals surface area contributed by atoms with Crippen molar-refractivity contribution in [1.82, 2.24) is 0 Å². The van der Waals surface area contributed by atoms with Gasteiger partial charge in [0.15, 0.2) is 0 Å². The largest absolute Gasteiger partial charge is 0.491 e. The minimum absolute atomic E-state index is 0.122. The van der Waals surface area contributed by atoms with Crippen LogP contribution in [0, 0.1) is 0 Å². The Hall–Kier alpha value is -1.31. The molecule has 0 aromatic rings. The smallest absolute Gasteiger partial charge is 0.463 e. The maximum absolute atomic E-state index is 11.7. The molecule has 0 aromatic carbocycles. The summed E-state index contributed by atoms with van der Waals surface area (Å²) in [5.74, 6) is -2.86. The van der Waals surface area contributed by atoms with E-state index in [4.69, 9.17) is 0 Å². The molecule has 94 valence electrons. The van der Waals surface area contributed by atoms with Gasteiger partial charge >= 0.3 is 18.1 Å². The van der Waals surface area contributed by atoms with Crippen molar-refractivity contribution in [3.8, 4) is 0 Å². The van der Waals surface area contributed by atoms with Crippen LogP contribution >= 0.6 is 0 Å². The van der Waals surface area contributed by atoms with Gasteiger partial charge in [0.2, 0.25) is 6.29 Å². The molecule has 16 heavy (non-hydrogen) atoms. The summed E-state index contributed by atoms with van der Waals surface area (Å²) in [5, 5.41) is 0. The van der Waals surface area contributed by atoms with E-state index in [1.54, 1.807) is 0 Å². The number of ether oxygens (including phenoxy) is 3. The first kappa shape index (κ1) is 14.7. The van der Waals surface area contributed by atoms with Crippen molar-refractivity contribution in [3.63, 3.8) is 0 Å². The van der Waals surface area contributed by atoms with Crippen LogP contribution in [-0.4, -0.2) is 37.6 Å². The molecule has 0 aromatic heterocycles. The van der Waals surface area contributed by atoms with Crippen LogP contribution in [0.1, 0.15) is 13.8 Å². The first-order valence-corrected chi connectivity index (χ1v) is 4.26. The van der Waals surface area contributed by atoms with Gasteiger partial charge in [-0.25, -0.2) is 4.79 Å². The van der Waals surface area contributed by atoms with Gasteiger partial charge in [0.25, 0.3) is 0 Å². The third-order valence-electron chi connectivity index (χ3n) is 1.25. The summed E-state index contributed by atoms with van der Waals surface area (Å²) in [4.78, 5) is 20.6. The van der Waals surface area contributed by atoms with Gasteiger partial charge in [0.05, 0.1) is 6.61 Å². The monoisotopic (exact) mass is 244 g/mol. The van der Waals surface area contributed by atoms with Crippen molar-refractivity contribution in [2.45, 2.75) is 26.3 Å². The van der Waals surface area contributed by atoms with E-state index in [-0.39, 0.29) is 13.2 Å². The molecule has 0 radical (unpaired) electrons. The average molecular weight is 244 g/mol. The van der Waals surface area contributed by atoms with E-state index in [1.807, 2.05) is 0 Å². The zero-order valence-electron chi connectivity index (χ0n) is 8.67. The number of carbonyl (C=O) groups is 2. The topological polar surface area (TPSA) is 61.8 Å². The number of hydrogen-bond donors (Lipinski definition) is 0. The Kier molecular flexibility index (Phi) is 5.79. The molecule has 0 amide bonds. The fourth-order valence-electron chi connectivity index (χ4n) is 0.651. The normalized spacial score (nSPS) is 13.1. The number of hydrogen-bond acceptors (Lipinski definition) is 5. The van der Waals surface area contributed by atoms with E-state index < -0.39 is 24.4 Å². The molecule has 0 fully saturated rings. The first-order valence-electron chi connectivity index (χ1n) is 4.26. The van der Waals surface area contributed by atoms with Gasteiger partial charge in [-0.1, -0.05) is 0 Å². The number of alkyl halides is 3. The lowest BCUT2D eigenvalue weighted by Crippen LogP contribution is -2.30. The molecular formula is C8H11F3O5. The quantitative estimate of drug-likeness (QED) is 0.410. The van der Waals surface area contributed by atoms with Crippen LogP contribution in [-0.2, 0) is 23.8 Å². The minimum atomic E-state index is -5.05. The summed E-state index contributed by atoms with van der Waals surface area (Å²) in [6, 6.07) is 0. The van der Waals surface area contributed by atoms with Gasteiger partial charge in [-0.05, 0) is 6.92 Å². The Morgan fingerprint density at radius 3 is 2.25 bits per heavy atom. The molecule has 8 heteroatoms. The Balaban J connectivity index is 3.71. The molecule has 0 heterocycles. The number of carbonyl (C=O) groups excluding carboxylic acids is 2. The van der Waals surface area contributed by atoms with Gasteiger partial charge in [-0.2, -0.15) is 13.2 Å². The summed E-state index contributed by atoms with van der Waals surface area (Å²) in [7, 11) is 0. The number of halogens is 3. The average Bonchev–Trinajstić information content (AvgIpc) is 2.10. The predicted octanol–water partition coefficient (Wildman–Crippen LogP) is 1.02. The van der Waals surface area contributed by atoms with Gasteiger partial charge in [-0.15, -0.1) is 0 Å². The predicted molar refractivity (Wildman–Crippen MR) is 44.2 cm³/mol. The Morgan fingerprint density at radius 1 is 1.25 bits per heavy atom. The molecule has 0 rings (SSSR count). The second kappa shape index (κ2) is 6.31. The SMILES string of the molecule is CC(=O)OCCOC(C)OC(=O)C(F)(F)F. The summed E-state index contributed by atoms with van der Waals surface area (Å²) in [5.41, 5.74) is 0. The zero-order valence-corrected chi connectivity index (χ0v) is 8.67. The lowest BCUT2D eigenvalue weighted by atomic mass is 10.6. The fourth-order valence-corrected chi connectivity index (χ4v) is 0.651. The van der Waals surface area contributed by atoms with Crippen LogP contribution in [0.4, 0.5) is 13.2 Å². The summed E-state index contributed by atoms with van der Waals surface area (Å²) >= 11 is 0.